The third kappa shape index (κ3) is 2.41. The van der Waals surface area contributed by atoms with E-state index in [1.165, 1.54) is 5.75 Å². The molecule has 0 aromatic heterocycles. The van der Waals surface area contributed by atoms with Crippen LogP contribution in [0.5, 0.6) is 0 Å². The van der Waals surface area contributed by atoms with Crippen molar-refractivity contribution in [3.63, 3.8) is 0 Å². The Balaban J connectivity index is 2.21. The molecule has 0 aliphatic carbocycles. The van der Waals surface area contributed by atoms with E-state index < -0.39 is 5.91 Å². The third-order valence-electron chi connectivity index (χ3n) is 2.60. The molecule has 0 saturated carbocycles. The summed E-state index contributed by atoms with van der Waals surface area (Å²) in [6.07, 6.45) is 1.12. The van der Waals surface area contributed by atoms with Crippen LogP contribution in [0.4, 0.5) is 11.4 Å². The minimum atomic E-state index is -0.444. The fourth-order valence-corrected chi connectivity index (χ4v) is 2.91. The van der Waals surface area contributed by atoms with Crippen molar-refractivity contribution in [2.24, 2.45) is 5.73 Å². The number of hydrogen-bond acceptors (Lipinski definition) is 4. The normalized spacial score (nSPS) is 19.6. The molecule has 1 amide bonds. The molecule has 1 saturated heterocycles. The lowest BCUT2D eigenvalue weighted by atomic mass is 10.1. The Kier molecular flexibility index (Phi) is 3.24. The number of benzene rings is 1. The predicted octanol–water partition coefficient (Wildman–Crippen LogP) is 1.29. The van der Waals surface area contributed by atoms with Gasteiger partial charge in [0, 0.05) is 23.2 Å². The Labute approximate surface area is 98.8 Å². The third-order valence-corrected chi connectivity index (χ3v) is 3.76. The molecule has 86 valence electrons. The first-order valence-corrected chi connectivity index (χ1v) is 6.36. The number of nitrogens with one attached hydrogen (secondary N) is 1. The van der Waals surface area contributed by atoms with Crippen LogP contribution >= 0.6 is 11.8 Å². The second-order valence-electron chi connectivity index (χ2n) is 3.87. The van der Waals surface area contributed by atoms with E-state index in [2.05, 4.69) is 5.32 Å². The van der Waals surface area contributed by atoms with Gasteiger partial charge in [-0.3, -0.25) is 4.79 Å². The van der Waals surface area contributed by atoms with Crippen LogP contribution in [0.15, 0.2) is 18.2 Å². The van der Waals surface area contributed by atoms with Gasteiger partial charge in [-0.15, -0.1) is 0 Å². The van der Waals surface area contributed by atoms with Gasteiger partial charge >= 0.3 is 0 Å². The number of rotatable bonds is 3. The first-order chi connectivity index (χ1) is 7.66. The van der Waals surface area contributed by atoms with Crippen LogP contribution in [0.3, 0.4) is 0 Å². The molecular formula is C11H15N3OS. The molecule has 1 unspecified atom stereocenters. The van der Waals surface area contributed by atoms with E-state index in [1.54, 1.807) is 12.1 Å². The van der Waals surface area contributed by atoms with Crippen LogP contribution in [0.25, 0.3) is 0 Å². The first kappa shape index (κ1) is 11.1. The van der Waals surface area contributed by atoms with Crippen molar-refractivity contribution in [2.45, 2.75) is 12.5 Å². The summed E-state index contributed by atoms with van der Waals surface area (Å²) in [5, 5.41) is 3.34. The van der Waals surface area contributed by atoms with E-state index in [0.29, 0.717) is 17.3 Å². The zero-order valence-corrected chi connectivity index (χ0v) is 9.72. The van der Waals surface area contributed by atoms with Gasteiger partial charge in [0.05, 0.1) is 5.56 Å². The largest absolute Gasteiger partial charge is 0.399 e. The van der Waals surface area contributed by atoms with Crippen LogP contribution in [0.1, 0.15) is 16.8 Å². The molecular weight excluding hydrogens is 222 g/mol. The van der Waals surface area contributed by atoms with E-state index in [0.717, 1.165) is 17.9 Å². The van der Waals surface area contributed by atoms with Crippen molar-refractivity contribution in [1.29, 1.82) is 0 Å². The average Bonchev–Trinajstić information content (AvgIpc) is 2.73. The van der Waals surface area contributed by atoms with Gasteiger partial charge in [0.25, 0.3) is 5.91 Å². The molecule has 1 heterocycles. The molecule has 0 radical (unpaired) electrons. The minimum Gasteiger partial charge on any atom is -0.399 e. The summed E-state index contributed by atoms with van der Waals surface area (Å²) < 4.78 is 0. The number of carbonyl (C=O) groups excluding carboxylic acids is 1. The van der Waals surface area contributed by atoms with Gasteiger partial charge in [-0.1, -0.05) is 0 Å². The van der Waals surface area contributed by atoms with Crippen molar-refractivity contribution in [2.75, 3.05) is 22.6 Å². The van der Waals surface area contributed by atoms with Gasteiger partial charge in [0.1, 0.15) is 0 Å². The summed E-state index contributed by atoms with van der Waals surface area (Å²) in [5.74, 6) is 1.79. The molecule has 1 atom stereocenters. The van der Waals surface area contributed by atoms with Gasteiger partial charge < -0.3 is 16.8 Å². The van der Waals surface area contributed by atoms with E-state index in [9.17, 15) is 4.79 Å². The maximum atomic E-state index is 11.3. The minimum absolute atomic E-state index is 0.423. The van der Waals surface area contributed by atoms with E-state index >= 15 is 0 Å². The van der Waals surface area contributed by atoms with Gasteiger partial charge in [-0.2, -0.15) is 11.8 Å². The monoisotopic (exact) mass is 237 g/mol. The lowest BCUT2D eigenvalue weighted by Gasteiger charge is -2.15. The highest BCUT2D eigenvalue weighted by molar-refractivity contribution is 7.99. The Hall–Kier alpha value is -1.36. The molecule has 0 bridgehead atoms. The Bertz CT molecular complexity index is 402. The molecule has 5 heteroatoms. The van der Waals surface area contributed by atoms with Gasteiger partial charge in [0.2, 0.25) is 0 Å². The zero-order valence-electron chi connectivity index (χ0n) is 8.90. The number of anilines is 2. The van der Waals surface area contributed by atoms with Crippen molar-refractivity contribution in [3.05, 3.63) is 23.8 Å². The quantitative estimate of drug-likeness (QED) is 0.692. The smallest absolute Gasteiger partial charge is 0.250 e. The van der Waals surface area contributed by atoms with Crippen molar-refractivity contribution in [1.82, 2.24) is 0 Å². The Morgan fingerprint density at radius 3 is 2.94 bits per heavy atom. The number of carbonyl (C=O) groups is 1. The van der Waals surface area contributed by atoms with Crippen LogP contribution in [-0.2, 0) is 0 Å². The summed E-state index contributed by atoms with van der Waals surface area (Å²) in [7, 11) is 0. The maximum Gasteiger partial charge on any atom is 0.250 e. The molecule has 2 rings (SSSR count). The second kappa shape index (κ2) is 4.65. The number of primary amides is 1. The lowest BCUT2D eigenvalue weighted by molar-refractivity contribution is 0.100. The van der Waals surface area contributed by atoms with Crippen LogP contribution in [-0.4, -0.2) is 23.5 Å². The zero-order chi connectivity index (χ0) is 11.5. The molecule has 1 fully saturated rings. The number of nitrogen functional groups attached to an aromatic ring is 1. The van der Waals surface area contributed by atoms with Crippen LogP contribution < -0.4 is 16.8 Å². The van der Waals surface area contributed by atoms with Crippen molar-refractivity contribution < 1.29 is 4.79 Å². The highest BCUT2D eigenvalue weighted by atomic mass is 32.2. The standard InChI is InChI=1S/C11H15N3OS/c12-7-1-2-10(9(5-7)11(13)15)14-8-3-4-16-6-8/h1-2,5,8,14H,3-4,6,12H2,(H2,13,15). The highest BCUT2D eigenvalue weighted by Gasteiger charge is 2.17. The van der Waals surface area contributed by atoms with Gasteiger partial charge in [0.15, 0.2) is 0 Å². The SMILES string of the molecule is NC(=O)c1cc(N)ccc1NC1CCSC1. The number of thioether (sulfide) groups is 1. The summed E-state index contributed by atoms with van der Waals surface area (Å²) in [6, 6.07) is 5.63. The van der Waals surface area contributed by atoms with E-state index in [4.69, 9.17) is 11.5 Å². The number of hydrogen-bond donors (Lipinski definition) is 3. The molecule has 1 aromatic carbocycles. The Morgan fingerprint density at radius 1 is 1.50 bits per heavy atom. The van der Waals surface area contributed by atoms with Crippen molar-refractivity contribution >= 4 is 29.0 Å². The second-order valence-corrected chi connectivity index (χ2v) is 5.02. The molecule has 4 nitrogen and oxygen atoms in total. The van der Waals surface area contributed by atoms with Gasteiger partial charge in [-0.25, -0.2) is 0 Å². The predicted molar refractivity (Wildman–Crippen MR) is 68.7 cm³/mol. The summed E-state index contributed by atoms with van der Waals surface area (Å²) in [4.78, 5) is 11.3. The van der Waals surface area contributed by atoms with E-state index in [1.807, 2.05) is 17.8 Å². The molecule has 1 aliphatic heterocycles. The summed E-state index contributed by atoms with van der Waals surface area (Å²) >= 11 is 1.92. The lowest BCUT2D eigenvalue weighted by Crippen LogP contribution is -2.22. The number of nitrogens with two attached hydrogens (primary N) is 2. The van der Waals surface area contributed by atoms with Crippen LogP contribution in [0.2, 0.25) is 0 Å². The fourth-order valence-electron chi connectivity index (χ4n) is 1.76. The van der Waals surface area contributed by atoms with Crippen LogP contribution in [0, 0.1) is 0 Å². The fraction of sp³-hybridized carbons (Fsp3) is 0.364. The summed E-state index contributed by atoms with van der Waals surface area (Å²) in [5.41, 5.74) is 12.8. The van der Waals surface area contributed by atoms with E-state index in [-0.39, 0.29) is 0 Å². The average molecular weight is 237 g/mol. The number of amides is 1. The maximum absolute atomic E-state index is 11.3. The summed E-state index contributed by atoms with van der Waals surface area (Å²) in [6.45, 7) is 0. The van der Waals surface area contributed by atoms with Gasteiger partial charge in [-0.05, 0) is 30.4 Å². The molecule has 1 aromatic rings. The Morgan fingerprint density at radius 2 is 2.31 bits per heavy atom. The van der Waals surface area contributed by atoms with Crippen molar-refractivity contribution in [3.8, 4) is 0 Å². The first-order valence-electron chi connectivity index (χ1n) is 5.20. The topological polar surface area (TPSA) is 81.1 Å². The molecule has 0 spiro atoms. The molecule has 5 N–H and O–H groups in total. The molecule has 1 aliphatic rings. The molecule has 16 heavy (non-hydrogen) atoms. The highest BCUT2D eigenvalue weighted by Crippen LogP contribution is 2.24.